The molecule has 1 rings (SSSR count). The standard InChI is InChI=1S/C10H11F3O/c1-2-3-6-14-8-5-4-7(11)9(12)10(8)13/h4-5H,2-3,6H2,1H3. The summed E-state index contributed by atoms with van der Waals surface area (Å²) < 4.78 is 43.0. The zero-order valence-electron chi connectivity index (χ0n) is 7.82. The van der Waals surface area contributed by atoms with Gasteiger partial charge in [0.05, 0.1) is 6.61 Å². The first-order valence-corrected chi connectivity index (χ1v) is 4.43. The largest absolute Gasteiger partial charge is 0.490 e. The molecule has 0 N–H and O–H groups in total. The SMILES string of the molecule is CCCCOc1ccc(F)c(F)c1F. The highest BCUT2D eigenvalue weighted by atomic mass is 19.2. The van der Waals surface area contributed by atoms with E-state index in [1.807, 2.05) is 6.92 Å². The molecular weight excluding hydrogens is 193 g/mol. The van der Waals surface area contributed by atoms with Crippen LogP contribution in [0.25, 0.3) is 0 Å². The van der Waals surface area contributed by atoms with Crippen LogP contribution in [0.15, 0.2) is 12.1 Å². The van der Waals surface area contributed by atoms with Crippen LogP contribution in [0.5, 0.6) is 5.75 Å². The van der Waals surface area contributed by atoms with Crippen LogP contribution in [-0.2, 0) is 0 Å². The lowest BCUT2D eigenvalue weighted by atomic mass is 10.3. The quantitative estimate of drug-likeness (QED) is 0.540. The number of benzene rings is 1. The Morgan fingerprint density at radius 1 is 1.14 bits per heavy atom. The van der Waals surface area contributed by atoms with Crippen LogP contribution in [-0.4, -0.2) is 6.61 Å². The van der Waals surface area contributed by atoms with Crippen LogP contribution in [0, 0.1) is 17.5 Å². The number of ether oxygens (including phenoxy) is 1. The van der Waals surface area contributed by atoms with Crippen molar-refractivity contribution in [3.05, 3.63) is 29.6 Å². The van der Waals surface area contributed by atoms with Gasteiger partial charge in [-0.3, -0.25) is 0 Å². The molecule has 0 aliphatic carbocycles. The van der Waals surface area contributed by atoms with Gasteiger partial charge >= 0.3 is 0 Å². The molecule has 4 heteroatoms. The molecule has 0 amide bonds. The number of hydrogen-bond donors (Lipinski definition) is 0. The van der Waals surface area contributed by atoms with Crippen LogP contribution in [0.3, 0.4) is 0 Å². The Labute approximate surface area is 80.5 Å². The number of rotatable bonds is 4. The maximum absolute atomic E-state index is 12.9. The fraction of sp³-hybridized carbons (Fsp3) is 0.400. The zero-order chi connectivity index (χ0) is 10.6. The molecule has 0 saturated carbocycles. The van der Waals surface area contributed by atoms with Crippen LogP contribution in [0.4, 0.5) is 13.2 Å². The van der Waals surface area contributed by atoms with Crippen LogP contribution >= 0.6 is 0 Å². The lowest BCUT2D eigenvalue weighted by Crippen LogP contribution is -2.01. The van der Waals surface area contributed by atoms with Crippen LogP contribution in [0.1, 0.15) is 19.8 Å². The van der Waals surface area contributed by atoms with E-state index in [0.717, 1.165) is 25.0 Å². The summed E-state index contributed by atoms with van der Waals surface area (Å²) in [6.07, 6.45) is 1.64. The molecule has 14 heavy (non-hydrogen) atoms. The minimum Gasteiger partial charge on any atom is -0.490 e. The van der Waals surface area contributed by atoms with E-state index in [2.05, 4.69) is 0 Å². The fourth-order valence-corrected chi connectivity index (χ4v) is 0.946. The minimum absolute atomic E-state index is 0.239. The molecule has 0 aliphatic rings. The second-order valence-corrected chi connectivity index (χ2v) is 2.88. The van der Waals surface area contributed by atoms with Crippen molar-refractivity contribution in [1.82, 2.24) is 0 Å². The minimum atomic E-state index is -1.49. The molecule has 0 bridgehead atoms. The van der Waals surface area contributed by atoms with E-state index in [9.17, 15) is 13.2 Å². The van der Waals surface area contributed by atoms with Gasteiger partial charge in [-0.25, -0.2) is 8.78 Å². The van der Waals surface area contributed by atoms with Gasteiger partial charge in [-0.2, -0.15) is 4.39 Å². The van der Waals surface area contributed by atoms with Crippen molar-refractivity contribution < 1.29 is 17.9 Å². The average molecular weight is 204 g/mol. The van der Waals surface area contributed by atoms with Crippen molar-refractivity contribution in [3.8, 4) is 5.75 Å². The van der Waals surface area contributed by atoms with Gasteiger partial charge in [0, 0.05) is 0 Å². The first-order chi connectivity index (χ1) is 6.66. The van der Waals surface area contributed by atoms with Gasteiger partial charge in [0.2, 0.25) is 5.82 Å². The molecule has 0 heterocycles. The third kappa shape index (κ3) is 2.40. The van der Waals surface area contributed by atoms with Gasteiger partial charge in [-0.05, 0) is 18.6 Å². The first-order valence-electron chi connectivity index (χ1n) is 4.43. The van der Waals surface area contributed by atoms with E-state index in [0.29, 0.717) is 6.61 Å². The van der Waals surface area contributed by atoms with Crippen molar-refractivity contribution in [2.24, 2.45) is 0 Å². The van der Waals surface area contributed by atoms with Crippen molar-refractivity contribution >= 4 is 0 Å². The van der Waals surface area contributed by atoms with Gasteiger partial charge < -0.3 is 4.74 Å². The molecule has 0 saturated heterocycles. The lowest BCUT2D eigenvalue weighted by molar-refractivity contribution is 0.285. The average Bonchev–Trinajstić information content (AvgIpc) is 2.18. The van der Waals surface area contributed by atoms with E-state index < -0.39 is 17.5 Å². The molecule has 0 radical (unpaired) electrons. The first kappa shape index (κ1) is 10.9. The molecule has 0 fully saturated rings. The third-order valence-electron chi connectivity index (χ3n) is 1.76. The summed E-state index contributed by atoms with van der Waals surface area (Å²) in [5, 5.41) is 0. The van der Waals surface area contributed by atoms with E-state index >= 15 is 0 Å². The summed E-state index contributed by atoms with van der Waals surface area (Å²) in [4.78, 5) is 0. The third-order valence-corrected chi connectivity index (χ3v) is 1.76. The molecule has 0 unspecified atom stereocenters. The Bertz CT molecular complexity index is 312. The summed E-state index contributed by atoms with van der Waals surface area (Å²) in [6.45, 7) is 2.25. The molecule has 0 spiro atoms. The Morgan fingerprint density at radius 2 is 1.86 bits per heavy atom. The summed E-state index contributed by atoms with van der Waals surface area (Å²) in [5.41, 5.74) is 0. The molecule has 1 nitrogen and oxygen atoms in total. The lowest BCUT2D eigenvalue weighted by Gasteiger charge is -2.06. The summed E-state index contributed by atoms with van der Waals surface area (Å²) >= 11 is 0. The smallest absolute Gasteiger partial charge is 0.203 e. The monoisotopic (exact) mass is 204 g/mol. The maximum Gasteiger partial charge on any atom is 0.203 e. The van der Waals surface area contributed by atoms with Crippen LogP contribution in [0.2, 0.25) is 0 Å². The summed E-state index contributed by atoms with van der Waals surface area (Å²) in [6, 6.07) is 1.93. The molecule has 1 aromatic carbocycles. The highest BCUT2D eigenvalue weighted by Crippen LogP contribution is 2.21. The van der Waals surface area contributed by atoms with Gasteiger partial charge in [0.15, 0.2) is 17.4 Å². The molecule has 78 valence electrons. The Morgan fingerprint density at radius 3 is 2.50 bits per heavy atom. The summed E-state index contributed by atoms with van der Waals surface area (Å²) in [7, 11) is 0. The Kier molecular flexibility index (Phi) is 3.80. The number of halogens is 3. The number of hydrogen-bond acceptors (Lipinski definition) is 1. The van der Waals surface area contributed by atoms with Crippen molar-refractivity contribution in [2.45, 2.75) is 19.8 Å². The van der Waals surface area contributed by atoms with Crippen molar-refractivity contribution in [2.75, 3.05) is 6.61 Å². The van der Waals surface area contributed by atoms with E-state index in [1.54, 1.807) is 0 Å². The van der Waals surface area contributed by atoms with Gasteiger partial charge in [-0.15, -0.1) is 0 Å². The molecule has 0 aromatic heterocycles. The van der Waals surface area contributed by atoms with Gasteiger partial charge in [0.25, 0.3) is 0 Å². The van der Waals surface area contributed by atoms with Crippen LogP contribution < -0.4 is 4.74 Å². The predicted molar refractivity (Wildman–Crippen MR) is 46.7 cm³/mol. The van der Waals surface area contributed by atoms with E-state index in [-0.39, 0.29) is 5.75 Å². The second-order valence-electron chi connectivity index (χ2n) is 2.88. The van der Waals surface area contributed by atoms with E-state index in [4.69, 9.17) is 4.74 Å². The number of unbranched alkanes of at least 4 members (excludes halogenated alkanes) is 1. The second kappa shape index (κ2) is 4.88. The topological polar surface area (TPSA) is 9.23 Å². The Balaban J connectivity index is 2.73. The van der Waals surface area contributed by atoms with Crippen molar-refractivity contribution in [3.63, 3.8) is 0 Å². The fourth-order valence-electron chi connectivity index (χ4n) is 0.946. The zero-order valence-corrected chi connectivity index (χ0v) is 7.82. The van der Waals surface area contributed by atoms with E-state index in [1.165, 1.54) is 0 Å². The highest BCUT2D eigenvalue weighted by Gasteiger charge is 2.13. The Hall–Kier alpha value is -1.19. The van der Waals surface area contributed by atoms with Gasteiger partial charge in [0.1, 0.15) is 0 Å². The maximum atomic E-state index is 12.9. The molecule has 1 aromatic rings. The predicted octanol–water partition coefficient (Wildman–Crippen LogP) is 3.28. The normalized spacial score (nSPS) is 10.3. The molecule has 0 atom stereocenters. The summed E-state index contributed by atoms with van der Waals surface area (Å²) in [5.74, 6) is -4.19. The molecule has 0 aliphatic heterocycles. The molecular formula is C10H11F3O. The highest BCUT2D eigenvalue weighted by molar-refractivity contribution is 5.26. The van der Waals surface area contributed by atoms with Crippen molar-refractivity contribution in [1.29, 1.82) is 0 Å². The van der Waals surface area contributed by atoms with Gasteiger partial charge in [-0.1, -0.05) is 13.3 Å².